The van der Waals surface area contributed by atoms with Crippen molar-refractivity contribution in [2.75, 3.05) is 19.0 Å². The molecule has 2 N–H and O–H groups in total. The fourth-order valence-corrected chi connectivity index (χ4v) is 2.90. The molecule has 6 nitrogen and oxygen atoms in total. The molecule has 1 amide bonds. The molecule has 128 valence electrons. The van der Waals surface area contributed by atoms with E-state index in [0.717, 1.165) is 0 Å². The minimum absolute atomic E-state index is 0.00352. The number of methoxy groups -OCH3 is 1. The first-order valence-electron chi connectivity index (χ1n) is 7.33. The quantitative estimate of drug-likeness (QED) is 0.603. The number of hydrogen-bond acceptors (Lipinski definition) is 5. The van der Waals surface area contributed by atoms with Crippen LogP contribution >= 0.6 is 15.9 Å². The number of phenols is 1. The molecular formula is C18H14BrNO5. The van der Waals surface area contributed by atoms with Gasteiger partial charge in [0.1, 0.15) is 5.75 Å². The summed E-state index contributed by atoms with van der Waals surface area (Å²) in [6.45, 7) is -0.0801. The third-order valence-electron chi connectivity index (χ3n) is 3.60. The third kappa shape index (κ3) is 3.66. The molecule has 0 fully saturated rings. The fraction of sp³-hybridized carbons (Fsp3) is 0.111. The Bertz CT molecular complexity index is 891. The molecule has 1 aliphatic rings. The summed E-state index contributed by atoms with van der Waals surface area (Å²) in [6.07, 6.45) is 2.99. The van der Waals surface area contributed by atoms with Crippen molar-refractivity contribution in [1.29, 1.82) is 0 Å². The molecule has 0 unspecified atom stereocenters. The third-order valence-corrected chi connectivity index (χ3v) is 4.25. The highest BCUT2D eigenvalue weighted by molar-refractivity contribution is 9.10. The van der Waals surface area contributed by atoms with Crippen LogP contribution in [0.3, 0.4) is 0 Å². The second-order valence-electron chi connectivity index (χ2n) is 5.29. The van der Waals surface area contributed by atoms with Gasteiger partial charge in [-0.3, -0.25) is 9.59 Å². The molecule has 0 saturated carbocycles. The van der Waals surface area contributed by atoms with Crippen LogP contribution in [-0.4, -0.2) is 30.5 Å². The summed E-state index contributed by atoms with van der Waals surface area (Å²) >= 11 is 3.33. The Hall–Kier alpha value is -2.80. The highest BCUT2D eigenvalue weighted by atomic mass is 79.9. The molecule has 0 spiro atoms. The Kier molecular flexibility index (Phi) is 4.76. The standard InChI is InChI=1S/C18H14BrNO5/c1-24-16-5-3-10(6-15(16)22)2-4-14(21)11-7-17-13(8-12(11)19)20-18(23)9-25-17/h2-8,22H,9H2,1H3,(H,20,23)/b4-2+. The van der Waals surface area contributed by atoms with Crippen LogP contribution in [0.15, 0.2) is 40.9 Å². The molecule has 1 aliphatic heterocycles. The molecule has 1 heterocycles. The van der Waals surface area contributed by atoms with E-state index in [-0.39, 0.29) is 24.0 Å². The summed E-state index contributed by atoms with van der Waals surface area (Å²) in [5, 5.41) is 12.4. The van der Waals surface area contributed by atoms with Crippen molar-refractivity contribution in [3.05, 3.63) is 52.0 Å². The minimum Gasteiger partial charge on any atom is -0.504 e. The van der Waals surface area contributed by atoms with Crippen molar-refractivity contribution in [2.45, 2.75) is 0 Å². The predicted molar refractivity (Wildman–Crippen MR) is 96.3 cm³/mol. The number of carbonyl (C=O) groups excluding carboxylic acids is 2. The Morgan fingerprint density at radius 1 is 1.36 bits per heavy atom. The lowest BCUT2D eigenvalue weighted by Gasteiger charge is -2.19. The van der Waals surface area contributed by atoms with Gasteiger partial charge in [-0.1, -0.05) is 12.1 Å². The van der Waals surface area contributed by atoms with Crippen LogP contribution in [0.4, 0.5) is 5.69 Å². The van der Waals surface area contributed by atoms with Gasteiger partial charge >= 0.3 is 0 Å². The Labute approximate surface area is 152 Å². The lowest BCUT2D eigenvalue weighted by molar-refractivity contribution is -0.118. The average molecular weight is 404 g/mol. The average Bonchev–Trinajstić information content (AvgIpc) is 2.59. The number of ether oxygens (including phenoxy) is 2. The molecule has 2 aromatic carbocycles. The van der Waals surface area contributed by atoms with Crippen LogP contribution in [0, 0.1) is 0 Å². The fourth-order valence-electron chi connectivity index (χ4n) is 2.36. The first kappa shape index (κ1) is 17.0. The molecule has 0 saturated heterocycles. The molecule has 2 aromatic rings. The number of hydrogen-bond donors (Lipinski definition) is 2. The molecule has 0 aliphatic carbocycles. The first-order chi connectivity index (χ1) is 12.0. The van der Waals surface area contributed by atoms with E-state index in [1.54, 1.807) is 30.3 Å². The van der Waals surface area contributed by atoms with Crippen molar-refractivity contribution in [3.63, 3.8) is 0 Å². The minimum atomic E-state index is -0.245. The second kappa shape index (κ2) is 6.98. The predicted octanol–water partition coefficient (Wildman–Crippen LogP) is 3.39. The number of amides is 1. The van der Waals surface area contributed by atoms with Crippen LogP contribution in [0.5, 0.6) is 17.2 Å². The van der Waals surface area contributed by atoms with Crippen LogP contribution in [0.1, 0.15) is 15.9 Å². The SMILES string of the molecule is COc1ccc(/C=C/C(=O)c2cc3c(cc2Br)NC(=O)CO3)cc1O. The smallest absolute Gasteiger partial charge is 0.262 e. The maximum Gasteiger partial charge on any atom is 0.262 e. The number of nitrogens with one attached hydrogen (secondary N) is 1. The first-order valence-corrected chi connectivity index (χ1v) is 8.13. The zero-order valence-electron chi connectivity index (χ0n) is 13.2. The van der Waals surface area contributed by atoms with Gasteiger partial charge in [-0.2, -0.15) is 0 Å². The highest BCUT2D eigenvalue weighted by Gasteiger charge is 2.19. The molecule has 0 bridgehead atoms. The highest BCUT2D eigenvalue weighted by Crippen LogP contribution is 2.34. The zero-order chi connectivity index (χ0) is 18.0. The van der Waals surface area contributed by atoms with Gasteiger partial charge in [-0.15, -0.1) is 0 Å². The number of halogens is 1. The van der Waals surface area contributed by atoms with Crippen molar-refractivity contribution < 1.29 is 24.2 Å². The van der Waals surface area contributed by atoms with Crippen molar-refractivity contribution in [3.8, 4) is 17.2 Å². The summed E-state index contributed by atoms with van der Waals surface area (Å²) in [5.74, 6) is 0.320. The van der Waals surface area contributed by atoms with Gasteiger partial charge in [0.05, 0.1) is 12.8 Å². The number of ketones is 1. The largest absolute Gasteiger partial charge is 0.504 e. The molecule has 0 radical (unpaired) electrons. The van der Waals surface area contributed by atoms with Crippen LogP contribution < -0.4 is 14.8 Å². The van der Waals surface area contributed by atoms with Crippen molar-refractivity contribution in [2.24, 2.45) is 0 Å². The number of aromatic hydroxyl groups is 1. The van der Waals surface area contributed by atoms with E-state index in [9.17, 15) is 14.7 Å². The van der Waals surface area contributed by atoms with E-state index >= 15 is 0 Å². The van der Waals surface area contributed by atoms with Crippen LogP contribution in [0.25, 0.3) is 6.08 Å². The summed E-state index contributed by atoms with van der Waals surface area (Å²) in [7, 11) is 1.46. The molecule has 0 atom stereocenters. The second-order valence-corrected chi connectivity index (χ2v) is 6.15. The van der Waals surface area contributed by atoms with Crippen LogP contribution in [-0.2, 0) is 4.79 Å². The van der Waals surface area contributed by atoms with E-state index in [1.165, 1.54) is 19.3 Å². The summed E-state index contributed by atoms with van der Waals surface area (Å²) in [6, 6.07) is 8.06. The number of anilines is 1. The molecule has 3 rings (SSSR count). The maximum absolute atomic E-state index is 12.5. The topological polar surface area (TPSA) is 84.9 Å². The van der Waals surface area contributed by atoms with E-state index in [4.69, 9.17) is 9.47 Å². The number of allylic oxidation sites excluding steroid dienone is 1. The van der Waals surface area contributed by atoms with Gasteiger partial charge in [0.25, 0.3) is 5.91 Å². The van der Waals surface area contributed by atoms with Gasteiger partial charge in [-0.25, -0.2) is 0 Å². The van der Waals surface area contributed by atoms with Crippen molar-refractivity contribution in [1.82, 2.24) is 0 Å². The normalized spacial score (nSPS) is 13.1. The van der Waals surface area contributed by atoms with Gasteiger partial charge in [0, 0.05) is 10.0 Å². The number of fused-ring (bicyclic) bond motifs is 1. The molecule has 0 aromatic heterocycles. The Balaban J connectivity index is 1.84. The maximum atomic E-state index is 12.5. The van der Waals surface area contributed by atoms with E-state index in [2.05, 4.69) is 21.2 Å². The number of carbonyl (C=O) groups is 2. The summed E-state index contributed by atoms with van der Waals surface area (Å²) in [4.78, 5) is 23.8. The monoisotopic (exact) mass is 403 g/mol. The number of benzene rings is 2. The number of rotatable bonds is 4. The van der Waals surface area contributed by atoms with E-state index < -0.39 is 0 Å². The number of phenolic OH excluding ortho intramolecular Hbond substituents is 1. The Morgan fingerprint density at radius 3 is 2.88 bits per heavy atom. The van der Waals surface area contributed by atoms with Gasteiger partial charge in [0.15, 0.2) is 23.9 Å². The zero-order valence-corrected chi connectivity index (χ0v) is 14.8. The lowest BCUT2D eigenvalue weighted by Crippen LogP contribution is -2.25. The van der Waals surface area contributed by atoms with Gasteiger partial charge in [-0.05, 0) is 51.8 Å². The van der Waals surface area contributed by atoms with Gasteiger partial charge < -0.3 is 19.9 Å². The van der Waals surface area contributed by atoms with Crippen LogP contribution in [0.2, 0.25) is 0 Å². The Morgan fingerprint density at radius 2 is 2.16 bits per heavy atom. The lowest BCUT2D eigenvalue weighted by atomic mass is 10.1. The van der Waals surface area contributed by atoms with Crippen molar-refractivity contribution >= 4 is 39.4 Å². The molecule has 25 heavy (non-hydrogen) atoms. The van der Waals surface area contributed by atoms with E-state index in [0.29, 0.717) is 32.8 Å². The summed E-state index contributed by atoms with van der Waals surface area (Å²) < 4.78 is 10.9. The summed E-state index contributed by atoms with van der Waals surface area (Å²) in [5.41, 5.74) is 1.58. The van der Waals surface area contributed by atoms with Gasteiger partial charge in [0.2, 0.25) is 0 Å². The molecular weight excluding hydrogens is 390 g/mol. The molecule has 7 heteroatoms. The van der Waals surface area contributed by atoms with E-state index in [1.807, 2.05) is 0 Å².